The molecule has 0 spiro atoms. The van der Waals surface area contributed by atoms with Gasteiger partial charge in [0.05, 0.1) is 0 Å². The fourth-order valence-electron chi connectivity index (χ4n) is 1.54. The highest BCUT2D eigenvalue weighted by Crippen LogP contribution is 2.10. The minimum atomic E-state index is -0.248. The Hall–Kier alpha value is -2.24. The first-order chi connectivity index (χ1) is 8.18. The number of nitrogens with one attached hydrogen (secondary N) is 1. The van der Waals surface area contributed by atoms with Crippen LogP contribution in [0, 0.1) is 6.92 Å². The molecule has 88 valence electrons. The number of nitrogens with zero attached hydrogens (tertiary/aromatic N) is 4. The van der Waals surface area contributed by atoms with E-state index in [1.807, 2.05) is 31.2 Å². The molecule has 17 heavy (non-hydrogen) atoms. The van der Waals surface area contributed by atoms with Gasteiger partial charge in [-0.1, -0.05) is 24.3 Å². The Labute approximate surface area is 98.6 Å². The monoisotopic (exact) mass is 231 g/mol. The zero-order valence-corrected chi connectivity index (χ0v) is 9.71. The summed E-state index contributed by atoms with van der Waals surface area (Å²) in [7, 11) is 1.71. The van der Waals surface area contributed by atoms with Crippen LogP contribution in [0.1, 0.15) is 21.7 Å². The molecule has 0 saturated heterocycles. The maximum absolute atomic E-state index is 11.9. The van der Waals surface area contributed by atoms with Crippen molar-refractivity contribution in [3.05, 3.63) is 41.2 Å². The van der Waals surface area contributed by atoms with E-state index in [0.29, 0.717) is 6.54 Å². The molecular formula is C11H13N5O. The summed E-state index contributed by atoms with van der Waals surface area (Å²) in [6, 6.07) is 7.94. The Balaban J connectivity index is 2.10. The van der Waals surface area contributed by atoms with Gasteiger partial charge in [-0.3, -0.25) is 4.79 Å². The molecule has 6 heteroatoms. The molecule has 2 rings (SSSR count). The molecule has 0 aliphatic carbocycles. The number of aromatic amines is 1. The summed E-state index contributed by atoms with van der Waals surface area (Å²) in [5.74, 6) is -0.164. The quantitative estimate of drug-likeness (QED) is 0.847. The van der Waals surface area contributed by atoms with Gasteiger partial charge in [0.25, 0.3) is 11.7 Å². The number of aromatic nitrogens is 4. The number of tetrazole rings is 1. The molecular weight excluding hydrogens is 218 g/mol. The van der Waals surface area contributed by atoms with Crippen LogP contribution in [0.15, 0.2) is 24.3 Å². The minimum Gasteiger partial charge on any atom is -0.335 e. The van der Waals surface area contributed by atoms with Crippen LogP contribution in [0.3, 0.4) is 0 Å². The van der Waals surface area contributed by atoms with E-state index in [2.05, 4.69) is 20.6 Å². The zero-order chi connectivity index (χ0) is 12.3. The van der Waals surface area contributed by atoms with Crippen LogP contribution in [-0.4, -0.2) is 38.5 Å². The number of H-pyrrole nitrogens is 1. The Kier molecular flexibility index (Phi) is 3.13. The highest BCUT2D eigenvalue weighted by Gasteiger charge is 2.16. The van der Waals surface area contributed by atoms with E-state index in [1.54, 1.807) is 11.9 Å². The molecule has 1 heterocycles. The van der Waals surface area contributed by atoms with Crippen molar-refractivity contribution in [3.8, 4) is 0 Å². The van der Waals surface area contributed by atoms with Crippen molar-refractivity contribution in [2.45, 2.75) is 13.5 Å². The van der Waals surface area contributed by atoms with Crippen LogP contribution in [0.5, 0.6) is 0 Å². The van der Waals surface area contributed by atoms with Gasteiger partial charge < -0.3 is 4.90 Å². The second-order valence-corrected chi connectivity index (χ2v) is 3.82. The van der Waals surface area contributed by atoms with Crippen molar-refractivity contribution in [1.29, 1.82) is 0 Å². The summed E-state index contributed by atoms with van der Waals surface area (Å²) < 4.78 is 0. The molecule has 0 aliphatic rings. The number of carbonyl (C=O) groups is 1. The second kappa shape index (κ2) is 4.73. The van der Waals surface area contributed by atoms with E-state index in [4.69, 9.17) is 0 Å². The second-order valence-electron chi connectivity index (χ2n) is 3.82. The summed E-state index contributed by atoms with van der Waals surface area (Å²) in [5, 5.41) is 13.0. The summed E-state index contributed by atoms with van der Waals surface area (Å²) >= 11 is 0. The van der Waals surface area contributed by atoms with Crippen LogP contribution in [0.4, 0.5) is 0 Å². The summed E-state index contributed by atoms with van der Waals surface area (Å²) in [5.41, 5.74) is 2.26. The fraction of sp³-hybridized carbons (Fsp3) is 0.273. The molecule has 0 atom stereocenters. The topological polar surface area (TPSA) is 74.8 Å². The predicted octanol–water partition coefficient (Wildman–Crippen LogP) is 0.780. The van der Waals surface area contributed by atoms with Crippen molar-refractivity contribution < 1.29 is 4.79 Å². The molecule has 2 aromatic rings. The minimum absolute atomic E-state index is 0.0843. The number of hydrogen-bond acceptors (Lipinski definition) is 4. The largest absolute Gasteiger partial charge is 0.335 e. The highest BCUT2D eigenvalue weighted by atomic mass is 16.2. The SMILES string of the molecule is Cc1ccccc1CN(C)C(=O)c1nn[nH]n1. The smallest absolute Gasteiger partial charge is 0.295 e. The lowest BCUT2D eigenvalue weighted by Gasteiger charge is -2.16. The van der Waals surface area contributed by atoms with E-state index in [9.17, 15) is 4.79 Å². The van der Waals surface area contributed by atoms with E-state index in [0.717, 1.165) is 11.1 Å². The third kappa shape index (κ3) is 2.47. The van der Waals surface area contributed by atoms with Crippen LogP contribution in [0.25, 0.3) is 0 Å². The number of carbonyl (C=O) groups excluding carboxylic acids is 1. The van der Waals surface area contributed by atoms with Crippen LogP contribution < -0.4 is 0 Å². The Morgan fingerprint density at radius 2 is 2.18 bits per heavy atom. The van der Waals surface area contributed by atoms with Crippen LogP contribution in [0.2, 0.25) is 0 Å². The van der Waals surface area contributed by atoms with E-state index in [-0.39, 0.29) is 11.7 Å². The standard InChI is InChI=1S/C11H13N5O/c1-8-5-3-4-6-9(8)7-16(2)11(17)10-12-14-15-13-10/h3-6H,7H2,1-2H3,(H,12,13,14,15). The lowest BCUT2D eigenvalue weighted by molar-refractivity contribution is 0.0773. The van der Waals surface area contributed by atoms with Crippen molar-refractivity contribution >= 4 is 5.91 Å². The van der Waals surface area contributed by atoms with Gasteiger partial charge in [0.2, 0.25) is 0 Å². The predicted molar refractivity (Wildman–Crippen MR) is 61.2 cm³/mol. The Morgan fingerprint density at radius 1 is 1.41 bits per heavy atom. The van der Waals surface area contributed by atoms with Crippen molar-refractivity contribution in [2.24, 2.45) is 0 Å². The number of aryl methyl sites for hydroxylation is 1. The van der Waals surface area contributed by atoms with Gasteiger partial charge in [0.1, 0.15) is 0 Å². The third-order valence-corrected chi connectivity index (χ3v) is 2.55. The molecule has 1 aromatic heterocycles. The van der Waals surface area contributed by atoms with Crippen LogP contribution >= 0.6 is 0 Å². The number of hydrogen-bond donors (Lipinski definition) is 1. The average molecular weight is 231 g/mol. The van der Waals surface area contributed by atoms with E-state index in [1.165, 1.54) is 0 Å². The fourth-order valence-corrected chi connectivity index (χ4v) is 1.54. The number of amides is 1. The third-order valence-electron chi connectivity index (χ3n) is 2.55. The van der Waals surface area contributed by atoms with Crippen molar-refractivity contribution in [3.63, 3.8) is 0 Å². The van der Waals surface area contributed by atoms with E-state index < -0.39 is 0 Å². The molecule has 1 aromatic carbocycles. The van der Waals surface area contributed by atoms with Gasteiger partial charge in [0.15, 0.2) is 0 Å². The molecule has 0 fully saturated rings. The van der Waals surface area contributed by atoms with Gasteiger partial charge >= 0.3 is 0 Å². The normalized spacial score (nSPS) is 10.2. The Bertz CT molecular complexity index is 508. The molecule has 0 saturated carbocycles. The maximum Gasteiger partial charge on any atom is 0.295 e. The molecule has 1 N–H and O–H groups in total. The summed E-state index contributed by atoms with van der Waals surface area (Å²) in [6.45, 7) is 2.54. The molecule has 6 nitrogen and oxygen atoms in total. The first-order valence-corrected chi connectivity index (χ1v) is 5.22. The lowest BCUT2D eigenvalue weighted by Crippen LogP contribution is -2.27. The van der Waals surface area contributed by atoms with Crippen molar-refractivity contribution in [1.82, 2.24) is 25.5 Å². The lowest BCUT2D eigenvalue weighted by atomic mass is 10.1. The average Bonchev–Trinajstić information content (AvgIpc) is 2.84. The van der Waals surface area contributed by atoms with Gasteiger partial charge in [-0.05, 0) is 23.3 Å². The molecule has 0 radical (unpaired) electrons. The van der Waals surface area contributed by atoms with Gasteiger partial charge in [-0.15, -0.1) is 10.2 Å². The molecule has 0 bridgehead atoms. The molecule has 0 aliphatic heterocycles. The maximum atomic E-state index is 11.9. The van der Waals surface area contributed by atoms with Gasteiger partial charge in [-0.25, -0.2) is 0 Å². The van der Waals surface area contributed by atoms with Gasteiger partial charge in [-0.2, -0.15) is 5.21 Å². The first kappa shape index (κ1) is 11.3. The zero-order valence-electron chi connectivity index (χ0n) is 9.71. The number of benzene rings is 1. The van der Waals surface area contributed by atoms with Gasteiger partial charge in [0, 0.05) is 13.6 Å². The molecule has 1 amide bonds. The first-order valence-electron chi connectivity index (χ1n) is 5.22. The summed E-state index contributed by atoms with van der Waals surface area (Å²) in [4.78, 5) is 13.4. The summed E-state index contributed by atoms with van der Waals surface area (Å²) in [6.07, 6.45) is 0. The highest BCUT2D eigenvalue weighted by molar-refractivity contribution is 5.89. The number of rotatable bonds is 3. The van der Waals surface area contributed by atoms with E-state index >= 15 is 0 Å². The van der Waals surface area contributed by atoms with Crippen molar-refractivity contribution in [2.75, 3.05) is 7.05 Å². The Morgan fingerprint density at radius 3 is 2.82 bits per heavy atom. The molecule has 0 unspecified atom stereocenters. The van der Waals surface area contributed by atoms with Crippen LogP contribution in [-0.2, 0) is 6.54 Å².